The number of halogens is 2. The Hall–Kier alpha value is -4.15. The Labute approximate surface area is 221 Å². The Morgan fingerprint density at radius 2 is 1.97 bits per heavy atom. The van der Waals surface area contributed by atoms with Crippen LogP contribution in [0.15, 0.2) is 54.9 Å². The number of nitrogens with one attached hydrogen (secondary N) is 1. The van der Waals surface area contributed by atoms with E-state index in [4.69, 9.17) is 22.1 Å². The van der Waals surface area contributed by atoms with Gasteiger partial charge in [0.05, 0.1) is 17.8 Å². The summed E-state index contributed by atoms with van der Waals surface area (Å²) in [6.45, 7) is 2.90. The van der Waals surface area contributed by atoms with Gasteiger partial charge in [-0.3, -0.25) is 14.6 Å². The molecule has 1 aromatic carbocycles. The molecular weight excluding hydrogens is 513 g/mol. The molecule has 2 atom stereocenters. The van der Waals surface area contributed by atoms with Gasteiger partial charge in [-0.15, -0.1) is 0 Å². The molecule has 0 fully saturated rings. The summed E-state index contributed by atoms with van der Waals surface area (Å²) in [6, 6.07) is 10.5. The summed E-state index contributed by atoms with van der Waals surface area (Å²) < 4.78 is 19.4. The second-order valence-electron chi connectivity index (χ2n) is 9.58. The van der Waals surface area contributed by atoms with Crippen molar-refractivity contribution in [1.29, 1.82) is 0 Å². The second kappa shape index (κ2) is 9.30. The van der Waals surface area contributed by atoms with Crippen molar-refractivity contribution >= 4 is 34.3 Å². The molecule has 4 N–H and O–H groups in total. The molecule has 4 aromatic rings. The molecule has 5 rings (SSSR count). The van der Waals surface area contributed by atoms with E-state index in [-0.39, 0.29) is 29.6 Å². The summed E-state index contributed by atoms with van der Waals surface area (Å²) >= 11 is 6.05. The van der Waals surface area contributed by atoms with Crippen LogP contribution in [0.1, 0.15) is 35.5 Å². The van der Waals surface area contributed by atoms with Crippen LogP contribution in [0.25, 0.3) is 22.2 Å². The van der Waals surface area contributed by atoms with Gasteiger partial charge in [-0.2, -0.15) is 0 Å². The van der Waals surface area contributed by atoms with Crippen LogP contribution in [0.3, 0.4) is 0 Å². The zero-order chi connectivity index (χ0) is 27.2. The third-order valence-electron chi connectivity index (χ3n) is 6.70. The van der Waals surface area contributed by atoms with Crippen LogP contribution in [-0.4, -0.2) is 45.0 Å². The van der Waals surface area contributed by atoms with E-state index in [1.807, 2.05) is 0 Å². The lowest BCUT2D eigenvalue weighted by molar-refractivity contribution is -0.123. The van der Waals surface area contributed by atoms with E-state index in [0.29, 0.717) is 33.5 Å². The highest BCUT2D eigenvalue weighted by Gasteiger charge is 2.45. The molecule has 194 valence electrons. The van der Waals surface area contributed by atoms with Crippen molar-refractivity contribution in [3.05, 3.63) is 82.6 Å². The number of carbonyl (C=O) groups excluding carboxylic acids is 2. The summed E-state index contributed by atoms with van der Waals surface area (Å²) in [7, 11) is 0. The van der Waals surface area contributed by atoms with Gasteiger partial charge in [0.1, 0.15) is 40.4 Å². The first kappa shape index (κ1) is 25.5. The molecule has 0 saturated carbocycles. The normalized spacial score (nSPS) is 17.9. The number of carbonyl (C=O) groups is 2. The highest BCUT2D eigenvalue weighted by atomic mass is 35.5. The number of nitrogens with two attached hydrogens (primary N) is 1. The van der Waals surface area contributed by atoms with Crippen molar-refractivity contribution < 1.29 is 23.8 Å². The van der Waals surface area contributed by atoms with Crippen LogP contribution in [0.4, 0.5) is 4.39 Å². The molecule has 0 bridgehead atoms. The van der Waals surface area contributed by atoms with Gasteiger partial charge in [-0.1, -0.05) is 11.6 Å². The maximum absolute atomic E-state index is 13.6. The fourth-order valence-electron chi connectivity index (χ4n) is 4.26. The number of primary amides is 1. The predicted octanol–water partition coefficient (Wildman–Crippen LogP) is 3.26. The van der Waals surface area contributed by atoms with E-state index < -0.39 is 28.6 Å². The average molecular weight is 536 g/mol. The van der Waals surface area contributed by atoms with E-state index in [9.17, 15) is 19.1 Å². The Morgan fingerprint density at radius 3 is 2.68 bits per heavy atom. The van der Waals surface area contributed by atoms with Gasteiger partial charge in [-0.05, 0) is 56.3 Å². The lowest BCUT2D eigenvalue weighted by Gasteiger charge is -2.26. The van der Waals surface area contributed by atoms with Gasteiger partial charge in [-0.25, -0.2) is 14.4 Å². The summed E-state index contributed by atoms with van der Waals surface area (Å²) in [5.74, 6) is -1.18. The Kier molecular flexibility index (Phi) is 6.24. The minimum atomic E-state index is -1.67. The van der Waals surface area contributed by atoms with Gasteiger partial charge in [0, 0.05) is 28.9 Å². The smallest absolute Gasteiger partial charge is 0.252 e. The maximum atomic E-state index is 13.6. The minimum Gasteiger partial charge on any atom is -0.489 e. The van der Waals surface area contributed by atoms with E-state index in [2.05, 4.69) is 20.3 Å². The largest absolute Gasteiger partial charge is 0.489 e. The van der Waals surface area contributed by atoms with E-state index in [1.54, 1.807) is 25.1 Å². The Bertz CT molecular complexity index is 1590. The molecule has 1 aliphatic heterocycles. The molecule has 2 amide bonds. The first-order chi connectivity index (χ1) is 18.0. The average Bonchev–Trinajstić information content (AvgIpc) is 3.25. The van der Waals surface area contributed by atoms with Crippen LogP contribution in [-0.2, 0) is 15.8 Å². The third-order valence-corrected chi connectivity index (χ3v) is 6.97. The number of nitrogens with zero attached hydrogens (tertiary/aromatic N) is 3. The monoisotopic (exact) mass is 535 g/mol. The van der Waals surface area contributed by atoms with Crippen LogP contribution >= 0.6 is 11.6 Å². The number of rotatable bonds is 6. The molecule has 0 unspecified atom stereocenters. The van der Waals surface area contributed by atoms with Crippen molar-refractivity contribution in [2.24, 2.45) is 5.73 Å². The highest BCUT2D eigenvalue weighted by molar-refractivity contribution is 6.33. The van der Waals surface area contributed by atoms with Crippen molar-refractivity contribution in [2.45, 2.75) is 24.9 Å². The zero-order valence-electron chi connectivity index (χ0n) is 20.5. The molecule has 1 aliphatic rings. The number of ether oxygens (including phenoxy) is 1. The molecule has 4 heterocycles. The first-order valence-electron chi connectivity index (χ1n) is 11.6. The number of aromatic nitrogens is 3. The van der Waals surface area contributed by atoms with Crippen molar-refractivity contribution in [3.63, 3.8) is 0 Å². The molecule has 3 aromatic heterocycles. The van der Waals surface area contributed by atoms with E-state index >= 15 is 0 Å². The lowest BCUT2D eigenvalue weighted by atomic mass is 9.82. The summed E-state index contributed by atoms with van der Waals surface area (Å²) in [5, 5.41) is 15.0. The zero-order valence-corrected chi connectivity index (χ0v) is 21.2. The predicted molar refractivity (Wildman–Crippen MR) is 138 cm³/mol. The summed E-state index contributed by atoms with van der Waals surface area (Å²) in [6.07, 6.45) is 2.89. The fraction of sp³-hybridized carbons (Fsp3) is 0.222. The Morgan fingerprint density at radius 1 is 1.24 bits per heavy atom. The van der Waals surface area contributed by atoms with Crippen LogP contribution in [0.5, 0.6) is 5.75 Å². The number of hydrogen-bond acceptors (Lipinski definition) is 7. The molecular formula is C27H23ClFN5O4. The van der Waals surface area contributed by atoms with Gasteiger partial charge in [0.25, 0.3) is 5.91 Å². The van der Waals surface area contributed by atoms with Crippen LogP contribution < -0.4 is 15.8 Å². The third kappa shape index (κ3) is 4.42. The first-order valence-corrected chi connectivity index (χ1v) is 12.0. The van der Waals surface area contributed by atoms with Crippen molar-refractivity contribution in [3.8, 4) is 17.0 Å². The van der Waals surface area contributed by atoms with Crippen LogP contribution in [0, 0.1) is 5.82 Å². The Balaban J connectivity index is 1.48. The quantitative estimate of drug-likeness (QED) is 0.322. The maximum Gasteiger partial charge on any atom is 0.252 e. The lowest BCUT2D eigenvalue weighted by Crippen LogP contribution is -2.41. The molecule has 38 heavy (non-hydrogen) atoms. The van der Waals surface area contributed by atoms with Crippen molar-refractivity contribution in [1.82, 2.24) is 20.3 Å². The number of aliphatic hydroxyl groups is 1. The molecule has 9 nitrogen and oxygen atoms in total. The van der Waals surface area contributed by atoms with Gasteiger partial charge >= 0.3 is 0 Å². The molecule has 0 saturated heterocycles. The molecule has 0 radical (unpaired) electrons. The molecule has 0 aliphatic carbocycles. The highest BCUT2D eigenvalue weighted by Crippen LogP contribution is 2.45. The van der Waals surface area contributed by atoms with Gasteiger partial charge in [0.2, 0.25) is 5.91 Å². The number of fused-ring (bicyclic) bond motifs is 2. The summed E-state index contributed by atoms with van der Waals surface area (Å²) in [4.78, 5) is 38.1. The number of pyridine rings is 3. The van der Waals surface area contributed by atoms with Gasteiger partial charge < -0.3 is 20.9 Å². The number of benzene rings is 1. The van der Waals surface area contributed by atoms with Crippen LogP contribution in [0.2, 0.25) is 5.15 Å². The number of hydrogen-bond donors (Lipinski definition) is 3. The fourth-order valence-corrected chi connectivity index (χ4v) is 4.48. The summed E-state index contributed by atoms with van der Waals surface area (Å²) in [5.41, 5.74) is 5.05. The standard InChI is InChI=1S/C27H23ClFN5O4/c1-26(25(30)36)13-38-22-18(26)10-19(34-20(22)14-3-5-17(29)6-4-14)27(2,37)12-33-24(35)16-9-15-7-8-31-23(28)21(15)32-11-16/h3-11,37H,12-13H2,1-2H3,(H2,30,36)(H,33,35)/t26-,27-/m0/s1. The second-order valence-corrected chi connectivity index (χ2v) is 9.94. The molecule has 0 spiro atoms. The SMILES string of the molecule is C[C@](O)(CNC(=O)c1cnc2c(Cl)nccc2c1)c1cc2c(c(-c3ccc(F)cc3)n1)OC[C@]2(C)C(N)=O. The molecule has 11 heteroatoms. The topological polar surface area (TPSA) is 140 Å². The van der Waals surface area contributed by atoms with Gasteiger partial charge in [0.15, 0.2) is 5.15 Å². The number of amides is 2. The van der Waals surface area contributed by atoms with E-state index in [1.165, 1.54) is 43.6 Å². The minimum absolute atomic E-state index is 0.00955. The van der Waals surface area contributed by atoms with E-state index in [0.717, 1.165) is 0 Å². The van der Waals surface area contributed by atoms with Crippen molar-refractivity contribution in [2.75, 3.05) is 13.2 Å².